The molecule has 148 valence electrons. The molecule has 1 saturated heterocycles. The van der Waals surface area contributed by atoms with Crippen molar-refractivity contribution in [3.63, 3.8) is 0 Å². The maximum Gasteiger partial charge on any atom is 0.187 e. The predicted molar refractivity (Wildman–Crippen MR) is 73.3 cm³/mol. The zero-order chi connectivity index (χ0) is 19.5. The van der Waals surface area contributed by atoms with Crippen molar-refractivity contribution in [2.75, 3.05) is 6.61 Å². The molecule has 0 aromatic heterocycles. The summed E-state index contributed by atoms with van der Waals surface area (Å²) in [7, 11) is 0. The van der Waals surface area contributed by atoms with Gasteiger partial charge in [-0.15, -0.1) is 0 Å². The smallest absolute Gasteiger partial charge is 0.187 e. The minimum absolute atomic E-state index is 0.779. The van der Waals surface area contributed by atoms with Crippen molar-refractivity contribution in [1.29, 1.82) is 0 Å². The number of rotatable bonds is 8. The van der Waals surface area contributed by atoms with E-state index in [-0.39, 0.29) is 0 Å². The third-order valence-corrected chi connectivity index (χ3v) is 3.87. The van der Waals surface area contributed by atoms with Crippen LogP contribution in [0, 0.1) is 0 Å². The number of carboxylic acid groups (broad SMARTS) is 1. The third kappa shape index (κ3) is 5.04. The van der Waals surface area contributed by atoms with Crippen molar-refractivity contribution in [3.8, 4) is 0 Å². The van der Waals surface area contributed by atoms with Crippen LogP contribution in [0.5, 0.6) is 0 Å². The highest BCUT2D eigenvalue weighted by molar-refractivity contribution is 5.70. The van der Waals surface area contributed by atoms with E-state index in [0.717, 1.165) is 6.92 Å². The van der Waals surface area contributed by atoms with E-state index in [1.807, 2.05) is 0 Å². The Labute approximate surface area is 142 Å². The summed E-state index contributed by atoms with van der Waals surface area (Å²) < 4.78 is 10.0. The second kappa shape index (κ2) is 9.14. The Hall–Kier alpha value is -0.930. The highest BCUT2D eigenvalue weighted by atomic mass is 16.7. The second-order valence-electron chi connectivity index (χ2n) is 5.78. The molecule has 0 bridgehead atoms. The van der Waals surface area contributed by atoms with Crippen LogP contribution in [0.4, 0.5) is 0 Å². The van der Waals surface area contributed by atoms with Gasteiger partial charge in [0.25, 0.3) is 0 Å². The van der Waals surface area contributed by atoms with Crippen molar-refractivity contribution in [3.05, 3.63) is 0 Å². The van der Waals surface area contributed by atoms with E-state index in [1.165, 1.54) is 0 Å². The summed E-state index contributed by atoms with van der Waals surface area (Å²) in [5, 5.41) is 87.5. The van der Waals surface area contributed by atoms with Crippen LogP contribution < -0.4 is 5.11 Å². The molecule has 12 nitrogen and oxygen atoms in total. The fraction of sp³-hybridized carbons (Fsp3) is 0.923. The molecule has 0 aromatic rings. The lowest BCUT2D eigenvalue weighted by Crippen LogP contribution is -2.62. The van der Waals surface area contributed by atoms with E-state index in [0.29, 0.717) is 0 Å². The Morgan fingerprint density at radius 3 is 2.08 bits per heavy atom. The minimum atomic E-state index is -2.51. The number of hydrogen-bond acceptors (Lipinski definition) is 12. The Morgan fingerprint density at radius 2 is 1.64 bits per heavy atom. The van der Waals surface area contributed by atoms with Crippen molar-refractivity contribution in [2.24, 2.45) is 0 Å². The van der Waals surface area contributed by atoms with E-state index in [4.69, 9.17) is 14.6 Å². The first-order chi connectivity index (χ1) is 11.5. The summed E-state index contributed by atoms with van der Waals surface area (Å²) in [6, 6.07) is 0. The number of aliphatic carboxylic acids is 1. The van der Waals surface area contributed by atoms with Crippen LogP contribution in [0.3, 0.4) is 0 Å². The van der Waals surface area contributed by atoms with Crippen LogP contribution in [-0.2, 0) is 14.3 Å². The lowest BCUT2D eigenvalue weighted by molar-refractivity contribution is -0.338. The normalized spacial score (nSPS) is 36.3. The summed E-state index contributed by atoms with van der Waals surface area (Å²) in [6.07, 6.45) is -18.9. The molecule has 1 fully saturated rings. The summed E-state index contributed by atoms with van der Waals surface area (Å²) in [4.78, 5) is 10.7. The molecule has 12 heteroatoms. The largest absolute Gasteiger partial charge is 0.547 e. The molecule has 0 unspecified atom stereocenters. The standard InChI is InChI=1S/C13H24O12/c1-3(15)5(16)11(8(19)9(20)12(22)23)25-13-10(21)7(18)6(17)4(2-14)24-13/h3-11,13-21H,2H2,1H3,(H,22,23)/p-1/t3-,4+,5+,6-,7-,8+,9+,10+,11+,13-/m0/s1. The summed E-state index contributed by atoms with van der Waals surface area (Å²) in [5.74, 6) is -2.09. The van der Waals surface area contributed by atoms with E-state index >= 15 is 0 Å². The Kier molecular flexibility index (Phi) is 8.08. The van der Waals surface area contributed by atoms with Gasteiger partial charge < -0.3 is 60.2 Å². The van der Waals surface area contributed by atoms with E-state index in [2.05, 4.69) is 0 Å². The minimum Gasteiger partial charge on any atom is -0.547 e. The molecule has 0 aromatic carbocycles. The topological polar surface area (TPSA) is 220 Å². The van der Waals surface area contributed by atoms with Crippen molar-refractivity contribution >= 4 is 5.97 Å². The van der Waals surface area contributed by atoms with Gasteiger partial charge in [0.05, 0.1) is 18.7 Å². The quantitative estimate of drug-likeness (QED) is 0.199. The van der Waals surface area contributed by atoms with Gasteiger partial charge in [0, 0.05) is 0 Å². The molecular weight excluding hydrogens is 348 g/mol. The number of hydrogen-bond donors (Lipinski definition) is 8. The number of aliphatic hydroxyl groups is 8. The van der Waals surface area contributed by atoms with Gasteiger partial charge in [0.2, 0.25) is 0 Å². The molecule has 1 aliphatic rings. The molecule has 1 aliphatic heterocycles. The van der Waals surface area contributed by atoms with Crippen LogP contribution >= 0.6 is 0 Å². The van der Waals surface area contributed by atoms with Crippen molar-refractivity contribution in [1.82, 2.24) is 0 Å². The third-order valence-electron chi connectivity index (χ3n) is 3.87. The molecule has 0 amide bonds. The zero-order valence-corrected chi connectivity index (χ0v) is 13.2. The average Bonchev–Trinajstić information content (AvgIpc) is 2.57. The Bertz CT molecular complexity index is 429. The van der Waals surface area contributed by atoms with Gasteiger partial charge in [-0.1, -0.05) is 0 Å². The summed E-state index contributed by atoms with van der Waals surface area (Å²) in [5.41, 5.74) is 0. The number of carbonyl (C=O) groups is 1. The SMILES string of the molecule is C[C@H](O)[C@@H](O)[C@@H](O[C@@H]1O[C@H](CO)[C@H](O)[C@H](O)[C@H]1O)[C@H](O)[C@@H](O)C(=O)[O-]. The second-order valence-corrected chi connectivity index (χ2v) is 5.78. The molecule has 25 heavy (non-hydrogen) atoms. The van der Waals surface area contributed by atoms with Crippen LogP contribution in [0.15, 0.2) is 0 Å². The first-order valence-corrected chi connectivity index (χ1v) is 7.42. The zero-order valence-electron chi connectivity index (χ0n) is 13.2. The van der Waals surface area contributed by atoms with E-state index in [1.54, 1.807) is 0 Å². The van der Waals surface area contributed by atoms with Crippen LogP contribution in [0.25, 0.3) is 0 Å². The molecular formula is C13H23O12-. The molecule has 10 atom stereocenters. The number of aliphatic hydroxyl groups excluding tert-OH is 8. The first kappa shape index (κ1) is 22.1. The average molecular weight is 371 g/mol. The van der Waals surface area contributed by atoms with E-state index in [9.17, 15) is 45.6 Å². The molecule has 0 saturated carbocycles. The molecule has 0 aliphatic carbocycles. The van der Waals surface area contributed by atoms with Gasteiger partial charge in [-0.25, -0.2) is 0 Å². The van der Waals surface area contributed by atoms with Crippen LogP contribution in [0.2, 0.25) is 0 Å². The lowest BCUT2D eigenvalue weighted by atomic mass is 9.97. The monoisotopic (exact) mass is 371 g/mol. The molecule has 1 rings (SSSR count). The van der Waals surface area contributed by atoms with Gasteiger partial charge in [-0.05, 0) is 6.92 Å². The van der Waals surface area contributed by atoms with Gasteiger partial charge in [0.15, 0.2) is 6.29 Å². The maximum atomic E-state index is 10.7. The lowest BCUT2D eigenvalue weighted by Gasteiger charge is -2.42. The van der Waals surface area contributed by atoms with Gasteiger partial charge in [-0.2, -0.15) is 0 Å². The van der Waals surface area contributed by atoms with Gasteiger partial charge in [0.1, 0.15) is 48.8 Å². The van der Waals surface area contributed by atoms with Crippen LogP contribution in [-0.4, -0.2) is 115 Å². The molecule has 8 N–H and O–H groups in total. The maximum absolute atomic E-state index is 10.7. The van der Waals surface area contributed by atoms with Crippen molar-refractivity contribution < 1.29 is 60.2 Å². The van der Waals surface area contributed by atoms with E-state index < -0.39 is 73.8 Å². The summed E-state index contributed by atoms with van der Waals surface area (Å²) >= 11 is 0. The number of carbonyl (C=O) groups excluding carboxylic acids is 1. The first-order valence-electron chi connectivity index (χ1n) is 7.42. The van der Waals surface area contributed by atoms with Crippen molar-refractivity contribution in [2.45, 2.75) is 68.1 Å². The number of carboxylic acids is 1. The molecule has 0 radical (unpaired) electrons. The highest BCUT2D eigenvalue weighted by Gasteiger charge is 2.47. The molecule has 0 spiro atoms. The Balaban J connectivity index is 3.01. The summed E-state index contributed by atoms with van der Waals surface area (Å²) in [6.45, 7) is 0.297. The molecule has 1 heterocycles. The van der Waals surface area contributed by atoms with Gasteiger partial charge in [-0.3, -0.25) is 0 Å². The Morgan fingerprint density at radius 1 is 1.08 bits per heavy atom. The fourth-order valence-electron chi connectivity index (χ4n) is 2.29. The van der Waals surface area contributed by atoms with Gasteiger partial charge >= 0.3 is 0 Å². The highest BCUT2D eigenvalue weighted by Crippen LogP contribution is 2.25. The fourth-order valence-corrected chi connectivity index (χ4v) is 2.29. The number of ether oxygens (including phenoxy) is 2. The van der Waals surface area contributed by atoms with Crippen LogP contribution in [0.1, 0.15) is 6.92 Å². The predicted octanol–water partition coefficient (Wildman–Crippen LogP) is -6.62.